The minimum absolute atomic E-state index is 0.249. The molecule has 1 aliphatic rings. The highest BCUT2D eigenvalue weighted by molar-refractivity contribution is 6.49. The Morgan fingerprint density at radius 1 is 0.593 bits per heavy atom. The molecule has 1 heterocycles. The molecule has 132 valence electrons. The quantitative estimate of drug-likeness (QED) is 0.636. The second-order valence-corrected chi connectivity index (χ2v) is 6.55. The molecular weight excluding hydrogens is 334 g/mol. The second kappa shape index (κ2) is 7.04. The van der Waals surface area contributed by atoms with Crippen molar-refractivity contribution in [1.29, 1.82) is 0 Å². The number of hydrogen-bond acceptors (Lipinski definition) is 2. The van der Waals surface area contributed by atoms with Crippen molar-refractivity contribution < 1.29 is 9.59 Å². The molecule has 0 N–H and O–H groups in total. The van der Waals surface area contributed by atoms with Crippen molar-refractivity contribution in [3.63, 3.8) is 0 Å². The first kappa shape index (κ1) is 17.0. The van der Waals surface area contributed by atoms with E-state index in [4.69, 9.17) is 0 Å². The van der Waals surface area contributed by atoms with Crippen LogP contribution in [0.5, 0.6) is 0 Å². The van der Waals surface area contributed by atoms with Crippen LogP contribution in [0.2, 0.25) is 0 Å². The summed E-state index contributed by atoms with van der Waals surface area (Å²) in [5.41, 5.74) is 3.39. The first-order chi connectivity index (χ1) is 13.2. The molecule has 3 aromatic carbocycles. The van der Waals surface area contributed by atoms with E-state index >= 15 is 0 Å². The fraction of sp³-hybridized carbons (Fsp3) is 0.0833. The smallest absolute Gasteiger partial charge is 0.262 e. The average Bonchev–Trinajstić information content (AvgIpc) is 2.99. The third-order valence-electron chi connectivity index (χ3n) is 4.91. The largest absolute Gasteiger partial charge is 0.269 e. The average molecular weight is 353 g/mol. The lowest BCUT2D eigenvalue weighted by Crippen LogP contribution is -2.34. The number of rotatable bonds is 4. The van der Waals surface area contributed by atoms with Gasteiger partial charge in [-0.25, -0.2) is 0 Å². The summed E-state index contributed by atoms with van der Waals surface area (Å²) in [4.78, 5) is 28.1. The van der Waals surface area contributed by atoms with Crippen LogP contribution < -0.4 is 0 Å². The molecule has 0 fully saturated rings. The maximum Gasteiger partial charge on any atom is 0.262 e. The zero-order valence-corrected chi connectivity index (χ0v) is 15.0. The van der Waals surface area contributed by atoms with E-state index in [1.807, 2.05) is 97.9 Å². The summed E-state index contributed by atoms with van der Waals surface area (Å²) in [6, 6.07) is 28.1. The third kappa shape index (κ3) is 2.97. The second-order valence-electron chi connectivity index (χ2n) is 6.55. The van der Waals surface area contributed by atoms with Crippen LogP contribution in [0, 0.1) is 0 Å². The summed E-state index contributed by atoms with van der Waals surface area (Å²) in [7, 11) is 0. The topological polar surface area (TPSA) is 37.4 Å². The van der Waals surface area contributed by atoms with Gasteiger partial charge in [0.25, 0.3) is 11.8 Å². The van der Waals surface area contributed by atoms with E-state index < -0.39 is 0 Å². The molecule has 3 heteroatoms. The predicted molar refractivity (Wildman–Crippen MR) is 106 cm³/mol. The van der Waals surface area contributed by atoms with Gasteiger partial charge in [0.15, 0.2) is 0 Å². The fourth-order valence-corrected chi connectivity index (χ4v) is 3.52. The van der Waals surface area contributed by atoms with Gasteiger partial charge in [0, 0.05) is 0 Å². The molecule has 3 nitrogen and oxygen atoms in total. The summed E-state index contributed by atoms with van der Waals surface area (Å²) in [6.45, 7) is 1.89. The van der Waals surface area contributed by atoms with E-state index in [1.54, 1.807) is 0 Å². The monoisotopic (exact) mass is 353 g/mol. The summed E-state index contributed by atoms with van der Waals surface area (Å²) >= 11 is 0. The van der Waals surface area contributed by atoms with Crippen LogP contribution in [-0.4, -0.2) is 16.7 Å². The van der Waals surface area contributed by atoms with Gasteiger partial charge >= 0.3 is 0 Å². The molecule has 2 amide bonds. The van der Waals surface area contributed by atoms with Crippen LogP contribution in [0.1, 0.15) is 29.7 Å². The molecule has 1 unspecified atom stereocenters. The van der Waals surface area contributed by atoms with Gasteiger partial charge < -0.3 is 0 Å². The molecule has 1 atom stereocenters. The summed E-state index contributed by atoms with van der Waals surface area (Å²) in [5, 5.41) is 0. The van der Waals surface area contributed by atoms with Crippen molar-refractivity contribution in [1.82, 2.24) is 4.90 Å². The number of nitrogens with zero attached hydrogens (tertiary/aromatic N) is 1. The lowest BCUT2D eigenvalue weighted by Gasteiger charge is -2.23. The number of carbonyl (C=O) groups excluding carboxylic acids is 2. The molecule has 0 aromatic heterocycles. The molecule has 0 saturated heterocycles. The Bertz CT molecular complexity index is 947. The Kier molecular flexibility index (Phi) is 4.43. The van der Waals surface area contributed by atoms with E-state index in [-0.39, 0.29) is 17.9 Å². The first-order valence-corrected chi connectivity index (χ1v) is 8.96. The Hall–Kier alpha value is -3.46. The van der Waals surface area contributed by atoms with E-state index in [1.165, 1.54) is 4.90 Å². The van der Waals surface area contributed by atoms with Gasteiger partial charge in [-0.2, -0.15) is 0 Å². The molecule has 27 heavy (non-hydrogen) atoms. The van der Waals surface area contributed by atoms with Crippen molar-refractivity contribution in [3.8, 4) is 0 Å². The molecule has 0 spiro atoms. The Morgan fingerprint density at radius 3 is 1.37 bits per heavy atom. The maximum atomic E-state index is 13.4. The van der Waals surface area contributed by atoms with Gasteiger partial charge in [-0.05, 0) is 23.6 Å². The molecule has 0 radical (unpaired) electrons. The highest BCUT2D eigenvalue weighted by Crippen LogP contribution is 2.39. The van der Waals surface area contributed by atoms with Gasteiger partial charge in [-0.15, -0.1) is 0 Å². The molecule has 0 aliphatic carbocycles. The van der Waals surface area contributed by atoms with Gasteiger partial charge in [0.1, 0.15) is 0 Å². The fourth-order valence-electron chi connectivity index (χ4n) is 3.52. The minimum Gasteiger partial charge on any atom is -0.269 e. The van der Waals surface area contributed by atoms with Crippen LogP contribution >= 0.6 is 0 Å². The zero-order valence-electron chi connectivity index (χ0n) is 15.0. The number of amides is 2. The molecular formula is C24H19NO2. The lowest BCUT2D eigenvalue weighted by atomic mass is 9.96. The normalized spacial score (nSPS) is 15.4. The Balaban J connectivity index is 1.85. The summed E-state index contributed by atoms with van der Waals surface area (Å²) in [5.74, 6) is -0.497. The Morgan fingerprint density at radius 2 is 0.963 bits per heavy atom. The highest BCUT2D eigenvalue weighted by atomic mass is 16.2. The van der Waals surface area contributed by atoms with Crippen LogP contribution in [0.15, 0.2) is 91.0 Å². The van der Waals surface area contributed by atoms with Crippen LogP contribution in [-0.2, 0) is 9.59 Å². The molecule has 4 rings (SSSR count). The van der Waals surface area contributed by atoms with E-state index in [2.05, 4.69) is 0 Å². The first-order valence-electron chi connectivity index (χ1n) is 8.96. The molecule has 3 aromatic rings. The maximum absolute atomic E-state index is 13.4. The summed E-state index contributed by atoms with van der Waals surface area (Å²) in [6.07, 6.45) is 0. The van der Waals surface area contributed by atoms with Crippen LogP contribution in [0.25, 0.3) is 11.1 Å². The van der Waals surface area contributed by atoms with Crippen molar-refractivity contribution in [2.75, 3.05) is 0 Å². The SMILES string of the molecule is CC(c1ccccc1)N1C(=O)C(c2ccccc2)=C(c2ccccc2)C1=O. The van der Waals surface area contributed by atoms with Gasteiger partial charge in [-0.1, -0.05) is 91.0 Å². The number of hydrogen-bond donors (Lipinski definition) is 0. The number of carbonyl (C=O) groups is 2. The van der Waals surface area contributed by atoms with E-state index in [9.17, 15) is 9.59 Å². The number of imide groups is 1. The van der Waals surface area contributed by atoms with Crippen molar-refractivity contribution >= 4 is 23.0 Å². The highest BCUT2D eigenvalue weighted by Gasteiger charge is 2.42. The van der Waals surface area contributed by atoms with Crippen LogP contribution in [0.4, 0.5) is 0 Å². The van der Waals surface area contributed by atoms with E-state index in [0.29, 0.717) is 11.1 Å². The van der Waals surface area contributed by atoms with Crippen molar-refractivity contribution in [3.05, 3.63) is 108 Å². The predicted octanol–water partition coefficient (Wildman–Crippen LogP) is 4.73. The van der Waals surface area contributed by atoms with Crippen LogP contribution in [0.3, 0.4) is 0 Å². The zero-order chi connectivity index (χ0) is 18.8. The summed E-state index contributed by atoms with van der Waals surface area (Å²) < 4.78 is 0. The lowest BCUT2D eigenvalue weighted by molar-refractivity contribution is -0.138. The van der Waals surface area contributed by atoms with Gasteiger partial charge in [0.05, 0.1) is 17.2 Å². The minimum atomic E-state index is -0.342. The van der Waals surface area contributed by atoms with Crippen molar-refractivity contribution in [2.24, 2.45) is 0 Å². The molecule has 0 saturated carbocycles. The Labute approximate surface area is 158 Å². The molecule has 0 bridgehead atoms. The standard InChI is InChI=1S/C24H19NO2/c1-17(18-11-5-2-6-12-18)25-23(26)21(19-13-7-3-8-14-19)22(24(25)27)20-15-9-4-10-16-20/h2-17H,1H3. The molecule has 1 aliphatic heterocycles. The third-order valence-corrected chi connectivity index (χ3v) is 4.91. The van der Waals surface area contributed by atoms with Gasteiger partial charge in [0.2, 0.25) is 0 Å². The van der Waals surface area contributed by atoms with Crippen molar-refractivity contribution in [2.45, 2.75) is 13.0 Å². The number of benzene rings is 3. The van der Waals surface area contributed by atoms with E-state index in [0.717, 1.165) is 16.7 Å². The van der Waals surface area contributed by atoms with Gasteiger partial charge in [-0.3, -0.25) is 14.5 Å².